The number of aromatic nitrogens is 3. The van der Waals surface area contributed by atoms with Gasteiger partial charge in [0.05, 0.1) is 16.6 Å². The highest BCUT2D eigenvalue weighted by Gasteiger charge is 2.26. The van der Waals surface area contributed by atoms with Gasteiger partial charge in [-0.05, 0) is 43.2 Å². The molecule has 2 aromatic heterocycles. The fraction of sp³-hybridized carbons (Fsp3) is 0.292. The number of carbonyl (C=O) groups excluding carboxylic acids is 2. The Morgan fingerprint density at radius 2 is 1.81 bits per heavy atom. The van der Waals surface area contributed by atoms with Gasteiger partial charge < -0.3 is 9.88 Å². The summed E-state index contributed by atoms with van der Waals surface area (Å²) < 4.78 is 15.0. The lowest BCUT2D eigenvalue weighted by molar-refractivity contribution is -0.132. The van der Waals surface area contributed by atoms with Crippen LogP contribution in [0.2, 0.25) is 0 Å². The number of H-pyrrole nitrogens is 1. The SMILES string of the molecule is O=C(CCC(=O)n1ccc2ccccc21)N1CCC(c2nc3ccc(F)cc3[nH]2)CC1. The maximum Gasteiger partial charge on any atom is 0.231 e. The molecular formula is C24H23FN4O2. The predicted molar refractivity (Wildman–Crippen MR) is 116 cm³/mol. The van der Waals surface area contributed by atoms with Crippen LogP contribution in [0.3, 0.4) is 0 Å². The van der Waals surface area contributed by atoms with Crippen LogP contribution in [0.15, 0.2) is 54.7 Å². The summed E-state index contributed by atoms with van der Waals surface area (Å²) in [5, 5.41) is 1.01. The Kier molecular flexibility index (Phi) is 5.02. The van der Waals surface area contributed by atoms with Gasteiger partial charge in [0.2, 0.25) is 11.8 Å². The van der Waals surface area contributed by atoms with Gasteiger partial charge in [0.1, 0.15) is 11.6 Å². The van der Waals surface area contributed by atoms with Gasteiger partial charge in [-0.15, -0.1) is 0 Å². The Balaban J connectivity index is 1.16. The highest BCUT2D eigenvalue weighted by molar-refractivity contribution is 5.94. The first kappa shape index (κ1) is 19.5. The van der Waals surface area contributed by atoms with Crippen LogP contribution in [-0.4, -0.2) is 44.3 Å². The van der Waals surface area contributed by atoms with Crippen LogP contribution in [-0.2, 0) is 4.79 Å². The van der Waals surface area contributed by atoms with Crippen molar-refractivity contribution in [2.75, 3.05) is 13.1 Å². The lowest BCUT2D eigenvalue weighted by Gasteiger charge is -2.31. The number of aromatic amines is 1. The van der Waals surface area contributed by atoms with Crippen molar-refractivity contribution in [1.29, 1.82) is 0 Å². The van der Waals surface area contributed by atoms with Crippen molar-refractivity contribution < 1.29 is 14.0 Å². The minimum Gasteiger partial charge on any atom is -0.343 e. The molecule has 0 aliphatic carbocycles. The van der Waals surface area contributed by atoms with Crippen LogP contribution in [0.5, 0.6) is 0 Å². The number of carbonyl (C=O) groups is 2. The van der Waals surface area contributed by atoms with E-state index in [9.17, 15) is 14.0 Å². The van der Waals surface area contributed by atoms with Crippen molar-refractivity contribution in [3.05, 3.63) is 66.4 Å². The summed E-state index contributed by atoms with van der Waals surface area (Å²) in [5.41, 5.74) is 2.32. The molecule has 1 saturated heterocycles. The molecule has 31 heavy (non-hydrogen) atoms. The van der Waals surface area contributed by atoms with Crippen molar-refractivity contribution in [1.82, 2.24) is 19.4 Å². The topological polar surface area (TPSA) is 71.0 Å². The molecule has 1 aliphatic heterocycles. The van der Waals surface area contributed by atoms with Gasteiger partial charge in [-0.25, -0.2) is 9.37 Å². The number of fused-ring (bicyclic) bond motifs is 2. The molecule has 0 radical (unpaired) electrons. The summed E-state index contributed by atoms with van der Waals surface area (Å²) in [7, 11) is 0. The number of nitrogens with one attached hydrogen (secondary N) is 1. The molecule has 7 heteroatoms. The van der Waals surface area contributed by atoms with E-state index in [-0.39, 0.29) is 36.4 Å². The second kappa shape index (κ2) is 7.98. The monoisotopic (exact) mass is 418 g/mol. The molecule has 4 aromatic rings. The quantitative estimate of drug-likeness (QED) is 0.531. The molecule has 3 heterocycles. The average molecular weight is 418 g/mol. The third-order valence-corrected chi connectivity index (χ3v) is 6.12. The molecule has 1 N–H and O–H groups in total. The Hall–Kier alpha value is -3.48. The lowest BCUT2D eigenvalue weighted by Crippen LogP contribution is -2.38. The summed E-state index contributed by atoms with van der Waals surface area (Å²) in [6.45, 7) is 1.27. The molecule has 1 aliphatic rings. The summed E-state index contributed by atoms with van der Waals surface area (Å²) in [4.78, 5) is 34.9. The van der Waals surface area contributed by atoms with Crippen LogP contribution in [0.1, 0.15) is 42.2 Å². The van der Waals surface area contributed by atoms with E-state index in [0.29, 0.717) is 18.6 Å². The predicted octanol–water partition coefficient (Wildman–Crippen LogP) is 4.48. The molecule has 2 aromatic carbocycles. The molecule has 0 atom stereocenters. The highest BCUT2D eigenvalue weighted by Crippen LogP contribution is 2.28. The van der Waals surface area contributed by atoms with Crippen molar-refractivity contribution in [3.8, 4) is 0 Å². The van der Waals surface area contributed by atoms with E-state index in [1.807, 2.05) is 35.2 Å². The van der Waals surface area contributed by atoms with Crippen LogP contribution in [0.25, 0.3) is 21.9 Å². The van der Waals surface area contributed by atoms with E-state index in [1.54, 1.807) is 16.8 Å². The van der Waals surface area contributed by atoms with Crippen molar-refractivity contribution >= 4 is 33.8 Å². The number of likely N-dealkylation sites (tertiary alicyclic amines) is 1. The van der Waals surface area contributed by atoms with Gasteiger partial charge in [-0.1, -0.05) is 18.2 Å². The number of hydrogen-bond donors (Lipinski definition) is 1. The largest absolute Gasteiger partial charge is 0.343 e. The zero-order valence-corrected chi connectivity index (χ0v) is 17.1. The number of halogens is 1. The van der Waals surface area contributed by atoms with Gasteiger partial charge in [0, 0.05) is 43.4 Å². The first-order chi connectivity index (χ1) is 15.1. The van der Waals surface area contributed by atoms with Gasteiger partial charge in [-0.3, -0.25) is 14.2 Å². The summed E-state index contributed by atoms with van der Waals surface area (Å²) >= 11 is 0. The van der Waals surface area contributed by atoms with E-state index >= 15 is 0 Å². The Bertz CT molecular complexity index is 1270. The molecular weight excluding hydrogens is 395 g/mol. The number of hydrogen-bond acceptors (Lipinski definition) is 3. The number of rotatable bonds is 4. The van der Waals surface area contributed by atoms with E-state index < -0.39 is 0 Å². The van der Waals surface area contributed by atoms with E-state index in [2.05, 4.69) is 9.97 Å². The normalized spacial score (nSPS) is 15.1. The maximum absolute atomic E-state index is 13.4. The van der Waals surface area contributed by atoms with Crippen LogP contribution >= 0.6 is 0 Å². The Morgan fingerprint density at radius 1 is 1.03 bits per heavy atom. The molecule has 0 unspecified atom stereocenters. The van der Waals surface area contributed by atoms with Crippen LogP contribution < -0.4 is 0 Å². The number of piperidine rings is 1. The van der Waals surface area contributed by atoms with Gasteiger partial charge in [0.15, 0.2) is 0 Å². The second-order valence-electron chi connectivity index (χ2n) is 8.08. The molecule has 6 nitrogen and oxygen atoms in total. The van der Waals surface area contributed by atoms with Crippen LogP contribution in [0.4, 0.5) is 4.39 Å². The smallest absolute Gasteiger partial charge is 0.231 e. The lowest BCUT2D eigenvalue weighted by atomic mass is 9.96. The molecule has 1 fully saturated rings. The number of benzene rings is 2. The Morgan fingerprint density at radius 3 is 2.65 bits per heavy atom. The molecule has 158 valence electrons. The molecule has 5 rings (SSSR count). The van der Waals surface area contributed by atoms with Crippen LogP contribution in [0, 0.1) is 5.82 Å². The fourth-order valence-corrected chi connectivity index (χ4v) is 4.39. The molecule has 1 amide bonds. The van der Waals surface area contributed by atoms with Gasteiger partial charge in [-0.2, -0.15) is 0 Å². The Labute approximate surface area is 178 Å². The summed E-state index contributed by atoms with van der Waals surface area (Å²) in [6, 6.07) is 14.2. The highest BCUT2D eigenvalue weighted by atomic mass is 19.1. The summed E-state index contributed by atoms with van der Waals surface area (Å²) in [5.74, 6) is 0.717. The second-order valence-corrected chi connectivity index (χ2v) is 8.08. The first-order valence-electron chi connectivity index (χ1n) is 10.6. The van der Waals surface area contributed by atoms with E-state index in [1.165, 1.54) is 12.1 Å². The molecule has 0 saturated carbocycles. The zero-order valence-electron chi connectivity index (χ0n) is 17.1. The fourth-order valence-electron chi connectivity index (χ4n) is 4.39. The third-order valence-electron chi connectivity index (χ3n) is 6.12. The van der Waals surface area contributed by atoms with Crippen molar-refractivity contribution in [2.24, 2.45) is 0 Å². The number of nitrogens with zero attached hydrogens (tertiary/aromatic N) is 3. The minimum absolute atomic E-state index is 0.00920. The number of para-hydroxylation sites is 1. The van der Waals surface area contributed by atoms with Gasteiger partial charge in [0.25, 0.3) is 0 Å². The van der Waals surface area contributed by atoms with Gasteiger partial charge >= 0.3 is 0 Å². The van der Waals surface area contributed by atoms with E-state index in [4.69, 9.17) is 0 Å². The zero-order chi connectivity index (χ0) is 21.4. The minimum atomic E-state index is -0.287. The van der Waals surface area contributed by atoms with Crippen molar-refractivity contribution in [3.63, 3.8) is 0 Å². The average Bonchev–Trinajstić information content (AvgIpc) is 3.41. The summed E-state index contributed by atoms with van der Waals surface area (Å²) in [6.07, 6.45) is 3.75. The number of amides is 1. The standard InChI is InChI=1S/C24H23FN4O2/c25-18-5-6-19-20(15-18)27-24(26-19)17-9-12-28(13-10-17)22(30)7-8-23(31)29-14-11-16-3-1-2-4-21(16)29/h1-6,11,14-15,17H,7-10,12-13H2,(H,26,27). The molecule has 0 bridgehead atoms. The maximum atomic E-state index is 13.4. The first-order valence-corrected chi connectivity index (χ1v) is 10.6. The third kappa shape index (κ3) is 3.83. The number of imidazole rings is 1. The van der Waals surface area contributed by atoms with Crippen molar-refractivity contribution in [2.45, 2.75) is 31.6 Å². The van der Waals surface area contributed by atoms with E-state index in [0.717, 1.165) is 35.1 Å². The molecule has 0 spiro atoms.